The van der Waals surface area contributed by atoms with Crippen LogP contribution in [0.15, 0.2) is 87.4 Å². The Morgan fingerprint density at radius 1 is 1.07 bits per heavy atom. The lowest BCUT2D eigenvalue weighted by Crippen LogP contribution is -2.18. The Hall–Kier alpha value is -3.03. The van der Waals surface area contributed by atoms with Crippen molar-refractivity contribution in [3.05, 3.63) is 87.8 Å². The van der Waals surface area contributed by atoms with Crippen LogP contribution >= 0.6 is 27.3 Å². The van der Waals surface area contributed by atoms with Gasteiger partial charge in [0.25, 0.3) is 0 Å². The van der Waals surface area contributed by atoms with Crippen LogP contribution in [0.25, 0.3) is 10.2 Å². The molecule has 0 saturated carbocycles. The van der Waals surface area contributed by atoms with Crippen LogP contribution in [0.3, 0.4) is 0 Å². The van der Waals surface area contributed by atoms with E-state index in [1.54, 1.807) is 17.6 Å². The molecule has 1 N–H and O–H groups in total. The molecule has 4 rings (SSSR count). The molecule has 0 spiro atoms. The number of thiazole rings is 1. The number of para-hydroxylation sites is 1. The molecule has 0 aliphatic heterocycles. The molecule has 0 aliphatic rings. The summed E-state index contributed by atoms with van der Waals surface area (Å²) in [5.74, 6) is 1.41. The molecule has 7 heteroatoms. The second kappa shape index (κ2) is 9.65. The van der Waals surface area contributed by atoms with E-state index in [0.29, 0.717) is 12.4 Å². The third-order valence-electron chi connectivity index (χ3n) is 4.14. The summed E-state index contributed by atoms with van der Waals surface area (Å²) in [5.41, 5.74) is 5.79. The fourth-order valence-electron chi connectivity index (χ4n) is 2.72. The van der Waals surface area contributed by atoms with E-state index in [0.717, 1.165) is 36.7 Å². The molecule has 0 aliphatic carbocycles. The third-order valence-corrected chi connectivity index (χ3v) is 5.71. The number of hydrogen-bond donors (Lipinski definition) is 1. The van der Waals surface area contributed by atoms with Crippen LogP contribution in [0.5, 0.6) is 5.75 Å². The zero-order chi connectivity index (χ0) is 20.8. The maximum Gasteiger partial charge on any atom is 0.183 e. The number of benzene rings is 3. The van der Waals surface area contributed by atoms with E-state index in [1.807, 2.05) is 73.7 Å². The minimum atomic E-state index is 0.591. The van der Waals surface area contributed by atoms with Gasteiger partial charge in [0.2, 0.25) is 0 Å². The highest BCUT2D eigenvalue weighted by Gasteiger charge is 2.10. The van der Waals surface area contributed by atoms with Crippen molar-refractivity contribution in [2.75, 3.05) is 6.61 Å². The summed E-state index contributed by atoms with van der Waals surface area (Å²) in [6.07, 6.45) is 1.76. The van der Waals surface area contributed by atoms with Crippen LogP contribution < -0.4 is 10.2 Å². The van der Waals surface area contributed by atoms with Crippen molar-refractivity contribution in [2.24, 2.45) is 10.1 Å². The van der Waals surface area contributed by atoms with Crippen molar-refractivity contribution in [2.45, 2.75) is 6.92 Å². The average Bonchev–Trinajstić information content (AvgIpc) is 3.20. The van der Waals surface area contributed by atoms with Crippen molar-refractivity contribution in [3.63, 3.8) is 0 Å². The van der Waals surface area contributed by atoms with Gasteiger partial charge in [0.15, 0.2) is 10.8 Å². The van der Waals surface area contributed by atoms with Crippen LogP contribution in [0.1, 0.15) is 17.5 Å². The van der Waals surface area contributed by atoms with Gasteiger partial charge in [-0.1, -0.05) is 40.2 Å². The van der Waals surface area contributed by atoms with Gasteiger partial charge in [-0.05, 0) is 61.0 Å². The molecule has 150 valence electrons. The lowest BCUT2D eigenvalue weighted by atomic mass is 10.2. The van der Waals surface area contributed by atoms with E-state index in [2.05, 4.69) is 32.5 Å². The van der Waals surface area contributed by atoms with E-state index in [4.69, 9.17) is 14.7 Å². The topological polar surface area (TPSA) is 58.9 Å². The molecule has 1 heterocycles. The van der Waals surface area contributed by atoms with Gasteiger partial charge in [0.05, 0.1) is 28.7 Å². The Kier molecular flexibility index (Phi) is 6.51. The smallest absolute Gasteiger partial charge is 0.183 e. The lowest BCUT2D eigenvalue weighted by Gasteiger charge is -2.05. The minimum Gasteiger partial charge on any atom is -0.494 e. The summed E-state index contributed by atoms with van der Waals surface area (Å²) >= 11 is 5.02. The Morgan fingerprint density at radius 2 is 1.83 bits per heavy atom. The molecule has 0 saturated heterocycles. The summed E-state index contributed by atoms with van der Waals surface area (Å²) in [6.45, 7) is 2.59. The Bertz CT molecular complexity index is 1150. The van der Waals surface area contributed by atoms with Gasteiger partial charge in [0.1, 0.15) is 5.75 Å². The number of hydrogen-bond acceptors (Lipinski definition) is 5. The zero-order valence-electron chi connectivity index (χ0n) is 16.2. The van der Waals surface area contributed by atoms with Gasteiger partial charge < -0.3 is 4.74 Å². The SMILES string of the molecule is CCOc1ccc(N=C(NN=Cc2ccc(Br)cc2)c2nc3ccccc3s2)cc1. The van der Waals surface area contributed by atoms with Gasteiger partial charge in [0, 0.05) is 4.47 Å². The summed E-state index contributed by atoms with van der Waals surface area (Å²) in [4.78, 5) is 9.46. The van der Waals surface area contributed by atoms with Gasteiger partial charge in [-0.2, -0.15) is 5.10 Å². The highest BCUT2D eigenvalue weighted by Crippen LogP contribution is 2.24. The van der Waals surface area contributed by atoms with E-state index in [1.165, 1.54) is 0 Å². The number of ether oxygens (including phenoxy) is 1. The Morgan fingerprint density at radius 3 is 2.57 bits per heavy atom. The molecule has 0 fully saturated rings. The quantitative estimate of drug-likeness (QED) is 0.205. The molecule has 3 aromatic carbocycles. The standard InChI is InChI=1S/C23H19BrN4OS/c1-2-29-19-13-11-18(12-14-19)26-22(23-27-20-5-3-4-6-21(20)30-23)28-25-15-16-7-9-17(24)10-8-16/h3-15H,2H2,1H3,(H,26,28). The first-order valence-corrected chi connectivity index (χ1v) is 11.0. The highest BCUT2D eigenvalue weighted by atomic mass is 79.9. The molecule has 1 aromatic heterocycles. The van der Waals surface area contributed by atoms with Crippen molar-refractivity contribution in [3.8, 4) is 5.75 Å². The van der Waals surface area contributed by atoms with E-state index >= 15 is 0 Å². The predicted octanol–water partition coefficient (Wildman–Crippen LogP) is 6.16. The normalized spacial score (nSPS) is 11.9. The second-order valence-corrected chi connectivity index (χ2v) is 8.24. The third kappa shape index (κ3) is 5.11. The molecule has 0 bridgehead atoms. The molecule has 0 radical (unpaired) electrons. The monoisotopic (exact) mass is 478 g/mol. The zero-order valence-corrected chi connectivity index (χ0v) is 18.7. The fraction of sp³-hybridized carbons (Fsp3) is 0.0870. The molecule has 0 unspecified atom stereocenters. The van der Waals surface area contributed by atoms with Crippen LogP contribution in [-0.2, 0) is 0 Å². The van der Waals surface area contributed by atoms with E-state index in [-0.39, 0.29) is 0 Å². The number of halogens is 1. The van der Waals surface area contributed by atoms with E-state index in [9.17, 15) is 0 Å². The average molecular weight is 479 g/mol. The Labute approximate surface area is 187 Å². The summed E-state index contributed by atoms with van der Waals surface area (Å²) in [6, 6.07) is 23.6. The number of aliphatic imine (C=N–C) groups is 1. The number of fused-ring (bicyclic) bond motifs is 1. The van der Waals surface area contributed by atoms with Crippen molar-refractivity contribution in [1.29, 1.82) is 0 Å². The van der Waals surface area contributed by atoms with Crippen LogP contribution in [0.4, 0.5) is 5.69 Å². The number of nitrogens with one attached hydrogen (secondary N) is 1. The molecule has 5 nitrogen and oxygen atoms in total. The number of amidine groups is 1. The first-order chi connectivity index (χ1) is 14.7. The molecular weight excluding hydrogens is 460 g/mol. The minimum absolute atomic E-state index is 0.591. The second-order valence-electron chi connectivity index (χ2n) is 6.30. The fourth-order valence-corrected chi connectivity index (χ4v) is 3.89. The first kappa shape index (κ1) is 20.3. The predicted molar refractivity (Wildman–Crippen MR) is 128 cm³/mol. The van der Waals surface area contributed by atoms with E-state index < -0.39 is 0 Å². The highest BCUT2D eigenvalue weighted by molar-refractivity contribution is 9.10. The maximum atomic E-state index is 5.51. The largest absolute Gasteiger partial charge is 0.494 e. The van der Waals surface area contributed by atoms with Gasteiger partial charge in [-0.15, -0.1) is 11.3 Å². The summed E-state index contributed by atoms with van der Waals surface area (Å²) in [7, 11) is 0. The molecule has 0 amide bonds. The molecule has 4 aromatic rings. The van der Waals surface area contributed by atoms with Gasteiger partial charge >= 0.3 is 0 Å². The van der Waals surface area contributed by atoms with Gasteiger partial charge in [-0.25, -0.2) is 9.98 Å². The van der Waals surface area contributed by atoms with Gasteiger partial charge in [-0.3, -0.25) is 5.43 Å². The van der Waals surface area contributed by atoms with Crippen molar-refractivity contribution >= 4 is 55.2 Å². The van der Waals surface area contributed by atoms with Crippen LogP contribution in [0.2, 0.25) is 0 Å². The van der Waals surface area contributed by atoms with Crippen molar-refractivity contribution < 1.29 is 4.74 Å². The molecule has 0 atom stereocenters. The number of nitrogens with zero attached hydrogens (tertiary/aromatic N) is 3. The maximum absolute atomic E-state index is 5.51. The van der Waals surface area contributed by atoms with Crippen molar-refractivity contribution in [1.82, 2.24) is 10.4 Å². The lowest BCUT2D eigenvalue weighted by molar-refractivity contribution is 0.340. The summed E-state index contributed by atoms with van der Waals surface area (Å²) < 4.78 is 7.64. The first-order valence-electron chi connectivity index (χ1n) is 9.43. The van der Waals surface area contributed by atoms with Crippen LogP contribution in [-0.4, -0.2) is 23.6 Å². The number of rotatable bonds is 6. The molecule has 30 heavy (non-hydrogen) atoms. The molecular formula is C23H19BrN4OS. The number of hydrazone groups is 1. The number of aromatic nitrogens is 1. The Balaban J connectivity index is 1.63. The summed E-state index contributed by atoms with van der Waals surface area (Å²) in [5, 5.41) is 5.16. The van der Waals surface area contributed by atoms with Crippen LogP contribution in [0, 0.1) is 0 Å².